The normalized spacial score (nSPS) is 11.7. The van der Waals surface area contributed by atoms with Crippen molar-refractivity contribution in [2.45, 2.75) is 13.5 Å². The summed E-state index contributed by atoms with van der Waals surface area (Å²) in [5.41, 5.74) is 10.2. The first kappa shape index (κ1) is 18.8. The summed E-state index contributed by atoms with van der Waals surface area (Å²) in [7, 11) is -4.34. The van der Waals surface area contributed by atoms with E-state index in [4.69, 9.17) is 10.3 Å². The number of benzene rings is 2. The molecule has 0 aliphatic heterocycles. The summed E-state index contributed by atoms with van der Waals surface area (Å²) in [4.78, 5) is 8.60. The molecule has 0 saturated heterocycles. The molecule has 10 nitrogen and oxygen atoms in total. The zero-order valence-electron chi connectivity index (χ0n) is 15.3. The van der Waals surface area contributed by atoms with Gasteiger partial charge in [-0.1, -0.05) is 47.7 Å². The summed E-state index contributed by atoms with van der Waals surface area (Å²) >= 11 is 0. The van der Waals surface area contributed by atoms with Gasteiger partial charge in [-0.05, 0) is 24.1 Å². The van der Waals surface area contributed by atoms with Gasteiger partial charge in [-0.15, -0.1) is 5.10 Å². The molecule has 0 amide bonds. The summed E-state index contributed by atoms with van der Waals surface area (Å²) < 4.78 is 34.6. The average Bonchev–Trinajstić information content (AvgIpc) is 3.06. The van der Waals surface area contributed by atoms with Gasteiger partial charge in [0.05, 0.1) is 12.2 Å². The molecule has 0 unspecified atom stereocenters. The summed E-state index contributed by atoms with van der Waals surface area (Å²) in [5, 5.41) is 8.41. The summed E-state index contributed by atoms with van der Waals surface area (Å²) in [6.45, 7) is 2.07. The van der Waals surface area contributed by atoms with Crippen LogP contribution in [-0.4, -0.2) is 37.9 Å². The van der Waals surface area contributed by atoms with E-state index in [1.54, 1.807) is 29.8 Å². The number of anilines is 2. The van der Waals surface area contributed by atoms with Gasteiger partial charge in [-0.2, -0.15) is 13.4 Å². The molecule has 11 heteroatoms. The monoisotopic (exact) mass is 411 g/mol. The average molecular weight is 411 g/mol. The number of aryl methyl sites for hydroxylation is 1. The Balaban J connectivity index is 1.71. The number of nitrogen functional groups attached to an aromatic ring is 1. The van der Waals surface area contributed by atoms with Gasteiger partial charge in [-0.25, -0.2) is 9.67 Å². The van der Waals surface area contributed by atoms with E-state index < -0.39 is 10.3 Å². The molecule has 0 spiro atoms. The quantitative estimate of drug-likeness (QED) is 0.422. The zero-order chi connectivity index (χ0) is 20.6. The molecule has 0 atom stereocenters. The van der Waals surface area contributed by atoms with Gasteiger partial charge < -0.3 is 5.73 Å². The molecule has 2 heterocycles. The minimum absolute atomic E-state index is 0.115. The van der Waals surface area contributed by atoms with Crippen molar-refractivity contribution >= 4 is 33.1 Å². The fraction of sp³-hybridized carbons (Fsp3) is 0.111. The van der Waals surface area contributed by atoms with E-state index in [2.05, 4.69) is 25.0 Å². The van der Waals surface area contributed by atoms with E-state index in [9.17, 15) is 8.42 Å². The van der Waals surface area contributed by atoms with E-state index in [1.807, 2.05) is 30.3 Å². The van der Waals surface area contributed by atoms with Crippen LogP contribution in [-0.2, 0) is 16.8 Å². The van der Waals surface area contributed by atoms with Gasteiger partial charge in [0.1, 0.15) is 5.69 Å². The molecule has 148 valence electrons. The van der Waals surface area contributed by atoms with Gasteiger partial charge in [-0.3, -0.25) is 9.27 Å². The number of aromatic nitrogens is 5. The third-order valence-corrected chi connectivity index (χ3v) is 4.77. The van der Waals surface area contributed by atoms with Crippen LogP contribution < -0.4 is 10.5 Å². The van der Waals surface area contributed by atoms with Crippen LogP contribution in [0.5, 0.6) is 0 Å². The van der Waals surface area contributed by atoms with Crippen LogP contribution in [0.4, 0.5) is 11.6 Å². The predicted octanol–water partition coefficient (Wildman–Crippen LogP) is 2.04. The number of rotatable bonds is 5. The Kier molecular flexibility index (Phi) is 4.60. The summed E-state index contributed by atoms with van der Waals surface area (Å²) in [6, 6.07) is 14.6. The summed E-state index contributed by atoms with van der Waals surface area (Å²) in [5.74, 6) is 0.115. The Hall–Kier alpha value is -3.57. The summed E-state index contributed by atoms with van der Waals surface area (Å²) in [6.07, 6.45) is 0. The van der Waals surface area contributed by atoms with Crippen LogP contribution in [0, 0.1) is 6.92 Å². The highest BCUT2D eigenvalue weighted by atomic mass is 32.2. The van der Waals surface area contributed by atoms with E-state index in [0.717, 1.165) is 11.1 Å². The largest absolute Gasteiger partial charge is 0.368 e. The highest BCUT2D eigenvalue weighted by Gasteiger charge is 2.16. The zero-order valence-corrected chi connectivity index (χ0v) is 16.1. The minimum atomic E-state index is -4.34. The standard InChI is InChI=1S/C18H17N7O3S/c1-11-9-12(7-8-14(11)23-29(26,27)28)10-25-17-16(22-24-25)15(20-18(19)21-17)13-5-3-2-4-6-13/h2-9,23H,10H2,1H3,(H2,19,20,21)(H,26,27,28). The van der Waals surface area contributed by atoms with Crippen molar-refractivity contribution in [2.24, 2.45) is 0 Å². The first-order chi connectivity index (χ1) is 13.8. The molecule has 2 aromatic heterocycles. The Labute approximate surface area is 166 Å². The van der Waals surface area contributed by atoms with Crippen LogP contribution in [0.1, 0.15) is 11.1 Å². The van der Waals surface area contributed by atoms with Gasteiger partial charge in [0.15, 0.2) is 11.2 Å². The smallest absolute Gasteiger partial charge is 0.357 e. The van der Waals surface area contributed by atoms with Gasteiger partial charge in [0.25, 0.3) is 0 Å². The number of nitrogens with one attached hydrogen (secondary N) is 1. The first-order valence-corrected chi connectivity index (χ1v) is 10.0. The van der Waals surface area contributed by atoms with Crippen LogP contribution >= 0.6 is 0 Å². The third-order valence-electron chi connectivity index (χ3n) is 4.29. The van der Waals surface area contributed by atoms with E-state index >= 15 is 0 Å². The lowest BCUT2D eigenvalue weighted by Crippen LogP contribution is -2.11. The molecule has 4 aromatic rings. The molecule has 0 radical (unpaired) electrons. The predicted molar refractivity (Wildman–Crippen MR) is 108 cm³/mol. The Morgan fingerprint density at radius 3 is 2.59 bits per heavy atom. The third kappa shape index (κ3) is 4.00. The van der Waals surface area contributed by atoms with Crippen molar-refractivity contribution in [3.05, 3.63) is 59.7 Å². The minimum Gasteiger partial charge on any atom is -0.368 e. The molecule has 0 saturated carbocycles. The van der Waals surface area contributed by atoms with Crippen molar-refractivity contribution < 1.29 is 13.0 Å². The second kappa shape index (κ2) is 7.11. The molecule has 0 fully saturated rings. The maximum Gasteiger partial charge on any atom is 0.357 e. The lowest BCUT2D eigenvalue weighted by atomic mass is 10.1. The second-order valence-electron chi connectivity index (χ2n) is 6.44. The SMILES string of the molecule is Cc1cc(Cn2nnc3c(-c4ccccc4)nc(N)nc32)ccc1NS(=O)(=O)O. The molecule has 29 heavy (non-hydrogen) atoms. The molecule has 2 aromatic carbocycles. The van der Waals surface area contributed by atoms with Crippen molar-refractivity contribution in [3.63, 3.8) is 0 Å². The molecule has 4 N–H and O–H groups in total. The van der Waals surface area contributed by atoms with Crippen molar-refractivity contribution in [2.75, 3.05) is 10.5 Å². The van der Waals surface area contributed by atoms with Gasteiger partial charge >= 0.3 is 10.3 Å². The molecule has 4 rings (SSSR count). The molecule has 0 bridgehead atoms. The van der Waals surface area contributed by atoms with E-state index in [0.29, 0.717) is 29.0 Å². The number of nitrogens with two attached hydrogens (primary N) is 1. The molecular formula is C18H17N7O3S. The van der Waals surface area contributed by atoms with Crippen LogP contribution in [0.3, 0.4) is 0 Å². The number of hydrogen-bond acceptors (Lipinski definition) is 7. The topological polar surface area (TPSA) is 149 Å². The lowest BCUT2D eigenvalue weighted by Gasteiger charge is -2.09. The second-order valence-corrected chi connectivity index (χ2v) is 7.60. The Morgan fingerprint density at radius 2 is 1.90 bits per heavy atom. The lowest BCUT2D eigenvalue weighted by molar-refractivity contribution is 0.489. The molecular weight excluding hydrogens is 394 g/mol. The van der Waals surface area contributed by atoms with Crippen LogP contribution in [0.25, 0.3) is 22.4 Å². The van der Waals surface area contributed by atoms with E-state index in [1.165, 1.54) is 0 Å². The molecule has 0 aliphatic rings. The maximum absolute atomic E-state index is 11.0. The van der Waals surface area contributed by atoms with Crippen LogP contribution in [0.2, 0.25) is 0 Å². The first-order valence-electron chi connectivity index (χ1n) is 8.57. The van der Waals surface area contributed by atoms with Gasteiger partial charge in [0, 0.05) is 5.56 Å². The molecule has 0 aliphatic carbocycles. The van der Waals surface area contributed by atoms with Crippen molar-refractivity contribution in [1.29, 1.82) is 0 Å². The van der Waals surface area contributed by atoms with Crippen molar-refractivity contribution in [1.82, 2.24) is 25.0 Å². The fourth-order valence-electron chi connectivity index (χ4n) is 3.03. The fourth-order valence-corrected chi connectivity index (χ4v) is 3.53. The van der Waals surface area contributed by atoms with E-state index in [-0.39, 0.29) is 11.6 Å². The number of nitrogens with zero attached hydrogens (tertiary/aromatic N) is 5. The maximum atomic E-state index is 11.0. The Morgan fingerprint density at radius 1 is 1.14 bits per heavy atom. The number of hydrogen-bond donors (Lipinski definition) is 3. The van der Waals surface area contributed by atoms with Crippen LogP contribution in [0.15, 0.2) is 48.5 Å². The Bertz CT molecular complexity index is 1300. The van der Waals surface area contributed by atoms with Gasteiger partial charge in [0.2, 0.25) is 5.95 Å². The van der Waals surface area contributed by atoms with Crippen molar-refractivity contribution in [3.8, 4) is 11.3 Å². The highest BCUT2D eigenvalue weighted by Crippen LogP contribution is 2.25. The highest BCUT2D eigenvalue weighted by molar-refractivity contribution is 7.87. The number of fused-ring (bicyclic) bond motifs is 1.